The van der Waals surface area contributed by atoms with Crippen LogP contribution in [0.1, 0.15) is 36.0 Å². The molecule has 1 heterocycles. The Balaban J connectivity index is 1.54. The van der Waals surface area contributed by atoms with Gasteiger partial charge in [0.15, 0.2) is 14.6 Å². The van der Waals surface area contributed by atoms with Crippen molar-refractivity contribution >= 4 is 15.7 Å². The lowest BCUT2D eigenvalue weighted by atomic mass is 9.98. The first-order chi connectivity index (χ1) is 18.2. The molecule has 1 aliphatic rings. The van der Waals surface area contributed by atoms with E-state index in [4.69, 9.17) is 19.4 Å². The van der Waals surface area contributed by atoms with Crippen LogP contribution in [0.15, 0.2) is 47.4 Å². The smallest absolute Gasteiger partial charge is 0.416 e. The van der Waals surface area contributed by atoms with Crippen LogP contribution in [0.3, 0.4) is 0 Å². The molecule has 1 amide bonds. The Morgan fingerprint density at radius 1 is 0.949 bits per heavy atom. The number of halogens is 6. The summed E-state index contributed by atoms with van der Waals surface area (Å²) in [5.41, 5.74) is -1.71. The van der Waals surface area contributed by atoms with Gasteiger partial charge in [0, 0.05) is 19.6 Å². The number of hydroxylamine groups is 1. The number of hydrogen-bond donors (Lipinski definition) is 2. The van der Waals surface area contributed by atoms with Gasteiger partial charge < -0.3 is 14.2 Å². The van der Waals surface area contributed by atoms with E-state index in [-0.39, 0.29) is 68.0 Å². The van der Waals surface area contributed by atoms with Crippen molar-refractivity contribution < 1.29 is 59.0 Å². The molecule has 1 saturated heterocycles. The first-order valence-electron chi connectivity index (χ1n) is 11.6. The average Bonchev–Trinajstić information content (AvgIpc) is 2.89. The third-order valence-electron chi connectivity index (χ3n) is 6.08. The first kappa shape index (κ1) is 30.7. The molecule has 0 unspecified atom stereocenters. The Hall–Kier alpha value is -2.88. The zero-order valence-electron chi connectivity index (χ0n) is 20.3. The zero-order valence-corrected chi connectivity index (χ0v) is 21.1. The number of sulfone groups is 1. The van der Waals surface area contributed by atoms with E-state index in [9.17, 15) is 39.6 Å². The number of alkyl halides is 6. The maximum atomic E-state index is 13.2. The Kier molecular flexibility index (Phi) is 9.51. The Bertz CT molecular complexity index is 1210. The highest BCUT2D eigenvalue weighted by atomic mass is 32.2. The summed E-state index contributed by atoms with van der Waals surface area (Å²) in [6, 6.07) is 6.44. The minimum Gasteiger partial charge on any atom is -0.494 e. The van der Waals surface area contributed by atoms with Gasteiger partial charge in [0.1, 0.15) is 5.75 Å². The van der Waals surface area contributed by atoms with Gasteiger partial charge in [-0.1, -0.05) is 0 Å². The van der Waals surface area contributed by atoms with Crippen LogP contribution in [-0.4, -0.2) is 50.7 Å². The third-order valence-corrected chi connectivity index (χ3v) is 8.60. The largest absolute Gasteiger partial charge is 0.494 e. The van der Waals surface area contributed by atoms with Crippen molar-refractivity contribution in [1.82, 2.24) is 5.48 Å². The molecule has 8 nitrogen and oxygen atoms in total. The summed E-state index contributed by atoms with van der Waals surface area (Å²) in [4.78, 5) is 12.1. The predicted molar refractivity (Wildman–Crippen MR) is 123 cm³/mol. The molecule has 1 aliphatic heterocycles. The minimum atomic E-state index is -4.95. The van der Waals surface area contributed by atoms with Crippen molar-refractivity contribution in [2.24, 2.45) is 0 Å². The number of carbonyl (C=O) groups is 1. The van der Waals surface area contributed by atoms with E-state index < -0.39 is 50.6 Å². The van der Waals surface area contributed by atoms with E-state index in [1.165, 1.54) is 29.7 Å². The Morgan fingerprint density at radius 2 is 1.51 bits per heavy atom. The van der Waals surface area contributed by atoms with Gasteiger partial charge in [0.2, 0.25) is 0 Å². The van der Waals surface area contributed by atoms with Gasteiger partial charge >= 0.3 is 12.4 Å². The van der Waals surface area contributed by atoms with Gasteiger partial charge in [0.05, 0.1) is 35.8 Å². The molecule has 2 aromatic rings. The summed E-state index contributed by atoms with van der Waals surface area (Å²) in [6.07, 6.45) is -9.95. The third kappa shape index (κ3) is 7.21. The molecule has 3 rings (SSSR count). The van der Waals surface area contributed by atoms with Crippen LogP contribution >= 0.6 is 0 Å². The van der Waals surface area contributed by atoms with E-state index in [2.05, 4.69) is 0 Å². The van der Waals surface area contributed by atoms with E-state index >= 15 is 0 Å². The highest BCUT2D eigenvalue weighted by molar-refractivity contribution is 7.93. The predicted octanol–water partition coefficient (Wildman–Crippen LogP) is 4.54. The fraction of sp³-hybridized carbons (Fsp3) is 0.458. The van der Waals surface area contributed by atoms with Gasteiger partial charge in [-0.05, 0) is 60.9 Å². The van der Waals surface area contributed by atoms with Crippen LogP contribution in [0.4, 0.5) is 26.3 Å². The Labute approximate surface area is 219 Å². The monoisotopic (exact) mass is 585 g/mol. The standard InChI is InChI=1S/C24H25F6NO7S/c25-23(26,27)17-12-16(13-18(14-17)24(28,29)30)15-37-8-1-9-38-19-2-4-20(5-3-19)39(34,35)22(21(32)31-33)6-10-36-11-7-22/h2-5,12-14,33H,1,6-11,15H2,(H,31,32). The van der Waals surface area contributed by atoms with Gasteiger partial charge in [-0.25, -0.2) is 13.9 Å². The van der Waals surface area contributed by atoms with Crippen molar-refractivity contribution in [2.45, 2.75) is 47.9 Å². The van der Waals surface area contributed by atoms with Gasteiger partial charge in [-0.15, -0.1) is 0 Å². The molecule has 1 fully saturated rings. The number of hydrogen-bond acceptors (Lipinski definition) is 7. The molecule has 216 valence electrons. The second-order valence-electron chi connectivity index (χ2n) is 8.69. The van der Waals surface area contributed by atoms with Crippen LogP contribution in [0.25, 0.3) is 0 Å². The molecule has 39 heavy (non-hydrogen) atoms. The molecule has 0 saturated carbocycles. The van der Waals surface area contributed by atoms with Crippen molar-refractivity contribution in [1.29, 1.82) is 0 Å². The quantitative estimate of drug-likeness (QED) is 0.182. The molecular weight excluding hydrogens is 560 g/mol. The maximum Gasteiger partial charge on any atom is 0.416 e. The molecule has 0 radical (unpaired) electrons. The number of rotatable bonds is 10. The van der Waals surface area contributed by atoms with Crippen LogP contribution in [0, 0.1) is 0 Å². The second kappa shape index (κ2) is 12.1. The van der Waals surface area contributed by atoms with Gasteiger partial charge in [-0.3, -0.25) is 10.0 Å². The first-order valence-corrected chi connectivity index (χ1v) is 13.0. The number of benzene rings is 2. The van der Waals surface area contributed by atoms with E-state index in [1.54, 1.807) is 0 Å². The highest BCUT2D eigenvalue weighted by Crippen LogP contribution is 2.37. The average molecular weight is 586 g/mol. The molecule has 0 atom stereocenters. The SMILES string of the molecule is O=C(NO)C1(S(=O)(=O)c2ccc(OCCCOCc3cc(C(F)(F)F)cc(C(F)(F)F)c3)cc2)CCOCC1. The van der Waals surface area contributed by atoms with Crippen molar-refractivity contribution in [3.05, 3.63) is 59.2 Å². The summed E-state index contributed by atoms with van der Waals surface area (Å²) < 4.78 is 118. The summed E-state index contributed by atoms with van der Waals surface area (Å²) >= 11 is 0. The zero-order chi connectivity index (χ0) is 28.9. The lowest BCUT2D eigenvalue weighted by molar-refractivity contribution is -0.143. The number of amides is 1. The summed E-state index contributed by atoms with van der Waals surface area (Å²) in [5, 5.41) is 9.09. The van der Waals surface area contributed by atoms with Gasteiger partial charge in [0.25, 0.3) is 5.91 Å². The number of nitrogens with one attached hydrogen (secondary N) is 1. The molecular formula is C24H25F6NO7S. The van der Waals surface area contributed by atoms with Gasteiger partial charge in [-0.2, -0.15) is 26.3 Å². The number of carbonyl (C=O) groups excluding carboxylic acids is 1. The van der Waals surface area contributed by atoms with Crippen LogP contribution in [0.2, 0.25) is 0 Å². The van der Waals surface area contributed by atoms with Crippen LogP contribution in [0.5, 0.6) is 5.75 Å². The van der Waals surface area contributed by atoms with Crippen LogP contribution < -0.4 is 10.2 Å². The van der Waals surface area contributed by atoms with Crippen molar-refractivity contribution in [3.63, 3.8) is 0 Å². The van der Waals surface area contributed by atoms with Crippen molar-refractivity contribution in [3.8, 4) is 5.75 Å². The van der Waals surface area contributed by atoms with E-state index in [0.29, 0.717) is 12.1 Å². The fourth-order valence-corrected chi connectivity index (χ4v) is 5.94. The molecule has 2 N–H and O–H groups in total. The fourth-order valence-electron chi connectivity index (χ4n) is 4.01. The normalized spacial score (nSPS) is 16.1. The maximum absolute atomic E-state index is 13.2. The highest BCUT2D eigenvalue weighted by Gasteiger charge is 2.52. The molecule has 2 aromatic carbocycles. The summed E-state index contributed by atoms with van der Waals surface area (Å²) in [6.45, 7) is -0.421. The minimum absolute atomic E-state index is 0.0210. The molecule has 0 aliphatic carbocycles. The lowest BCUT2D eigenvalue weighted by Crippen LogP contribution is -2.54. The molecule has 0 aromatic heterocycles. The Morgan fingerprint density at radius 3 is 2.03 bits per heavy atom. The van der Waals surface area contributed by atoms with Crippen molar-refractivity contribution in [2.75, 3.05) is 26.4 Å². The van der Waals surface area contributed by atoms with Crippen LogP contribution in [-0.2, 0) is 43.1 Å². The summed E-state index contributed by atoms with van der Waals surface area (Å²) in [7, 11) is -4.20. The lowest BCUT2D eigenvalue weighted by Gasteiger charge is -2.34. The topological polar surface area (TPSA) is 111 Å². The number of ether oxygens (including phenoxy) is 3. The van der Waals surface area contributed by atoms with E-state index in [0.717, 1.165) is 0 Å². The molecule has 0 spiro atoms. The second-order valence-corrected chi connectivity index (χ2v) is 11.0. The molecule has 15 heteroatoms. The molecule has 0 bridgehead atoms. The van der Waals surface area contributed by atoms with E-state index in [1.807, 2.05) is 0 Å². The summed E-state index contributed by atoms with van der Waals surface area (Å²) in [5.74, 6) is -0.778.